The molecule has 0 unspecified atom stereocenters. The quantitative estimate of drug-likeness (QED) is 0.217. The standard InChI is InChI=1S/C16H27FN4O2S.HI/c1-4-6-9-19-16(18-5-2)20-10-11-24(22,23)21-14-8-7-13(3)15(17)12-14;/h7-8,12,21H,4-6,9-11H2,1-3H3,(H2,18,19,20);1H. The summed E-state index contributed by atoms with van der Waals surface area (Å²) in [5, 5.41) is 6.05. The first-order chi connectivity index (χ1) is 11.4. The molecule has 1 aromatic rings. The number of halogens is 2. The van der Waals surface area contributed by atoms with Crippen LogP contribution in [0.4, 0.5) is 10.1 Å². The number of guanidine groups is 1. The lowest BCUT2D eigenvalue weighted by atomic mass is 10.2. The van der Waals surface area contributed by atoms with Crippen LogP contribution in [-0.4, -0.2) is 39.8 Å². The summed E-state index contributed by atoms with van der Waals surface area (Å²) in [6, 6.07) is 4.26. The maximum Gasteiger partial charge on any atom is 0.234 e. The van der Waals surface area contributed by atoms with E-state index in [-0.39, 0.29) is 42.0 Å². The van der Waals surface area contributed by atoms with Crippen molar-refractivity contribution in [2.45, 2.75) is 33.6 Å². The summed E-state index contributed by atoms with van der Waals surface area (Å²) in [7, 11) is -3.56. The van der Waals surface area contributed by atoms with Crippen molar-refractivity contribution in [3.05, 3.63) is 29.6 Å². The molecule has 25 heavy (non-hydrogen) atoms. The Morgan fingerprint density at radius 1 is 1.24 bits per heavy atom. The Kier molecular flexibility index (Phi) is 11.7. The molecule has 0 aromatic heterocycles. The van der Waals surface area contributed by atoms with Gasteiger partial charge in [-0.1, -0.05) is 19.4 Å². The van der Waals surface area contributed by atoms with Gasteiger partial charge in [-0.2, -0.15) is 0 Å². The molecule has 0 fully saturated rings. The van der Waals surface area contributed by atoms with Gasteiger partial charge in [-0.15, -0.1) is 24.0 Å². The second-order valence-corrected chi connectivity index (χ2v) is 7.27. The number of aliphatic imine (C=N–C) groups is 1. The number of nitrogens with zero attached hydrogens (tertiary/aromatic N) is 1. The average Bonchev–Trinajstić information content (AvgIpc) is 2.51. The predicted octanol–water partition coefficient (Wildman–Crippen LogP) is 2.85. The van der Waals surface area contributed by atoms with Gasteiger partial charge in [-0.05, 0) is 38.0 Å². The van der Waals surface area contributed by atoms with E-state index in [0.717, 1.165) is 12.8 Å². The van der Waals surface area contributed by atoms with E-state index in [1.807, 2.05) is 6.92 Å². The number of anilines is 1. The number of sulfonamides is 1. The molecule has 0 heterocycles. The zero-order valence-electron chi connectivity index (χ0n) is 14.9. The monoisotopic (exact) mass is 486 g/mol. The second kappa shape index (κ2) is 12.3. The van der Waals surface area contributed by atoms with Gasteiger partial charge in [-0.3, -0.25) is 9.71 Å². The van der Waals surface area contributed by atoms with Crippen LogP contribution in [0.1, 0.15) is 32.3 Å². The Labute approximate surface area is 167 Å². The molecule has 0 spiro atoms. The van der Waals surface area contributed by atoms with Crippen LogP contribution < -0.4 is 15.4 Å². The lowest BCUT2D eigenvalue weighted by Crippen LogP contribution is -2.40. The average molecular weight is 486 g/mol. The maximum absolute atomic E-state index is 13.5. The van der Waals surface area contributed by atoms with Gasteiger partial charge in [0.1, 0.15) is 5.82 Å². The smallest absolute Gasteiger partial charge is 0.234 e. The fourth-order valence-electron chi connectivity index (χ4n) is 1.88. The fraction of sp³-hybridized carbons (Fsp3) is 0.562. The number of unbranched alkanes of at least 4 members (excludes halogenated alkanes) is 1. The van der Waals surface area contributed by atoms with Gasteiger partial charge in [0, 0.05) is 19.6 Å². The van der Waals surface area contributed by atoms with Crippen LogP contribution in [0, 0.1) is 12.7 Å². The van der Waals surface area contributed by atoms with Crippen molar-refractivity contribution in [3.8, 4) is 0 Å². The molecule has 3 N–H and O–H groups in total. The van der Waals surface area contributed by atoms with Crippen molar-refractivity contribution in [3.63, 3.8) is 0 Å². The number of hydrogen-bond donors (Lipinski definition) is 3. The second-order valence-electron chi connectivity index (χ2n) is 5.43. The van der Waals surface area contributed by atoms with Gasteiger partial charge in [0.25, 0.3) is 0 Å². The maximum atomic E-state index is 13.5. The Hall–Kier alpha value is -1.10. The minimum atomic E-state index is -3.56. The third kappa shape index (κ3) is 9.83. The Morgan fingerprint density at radius 2 is 1.96 bits per heavy atom. The number of benzene rings is 1. The minimum absolute atomic E-state index is 0. The molecular weight excluding hydrogens is 458 g/mol. The molecule has 0 aliphatic heterocycles. The third-order valence-electron chi connectivity index (χ3n) is 3.23. The number of nitrogens with one attached hydrogen (secondary N) is 3. The van der Waals surface area contributed by atoms with Gasteiger partial charge < -0.3 is 10.6 Å². The fourth-order valence-corrected chi connectivity index (χ4v) is 2.84. The molecule has 6 nitrogen and oxygen atoms in total. The van der Waals surface area contributed by atoms with Gasteiger partial charge in [0.2, 0.25) is 10.0 Å². The van der Waals surface area contributed by atoms with Crippen molar-refractivity contribution >= 4 is 45.6 Å². The minimum Gasteiger partial charge on any atom is -0.357 e. The zero-order chi connectivity index (χ0) is 18.0. The number of hydrogen-bond acceptors (Lipinski definition) is 3. The number of aryl methyl sites for hydroxylation is 1. The molecule has 0 saturated carbocycles. The van der Waals surface area contributed by atoms with Crippen molar-refractivity contribution < 1.29 is 12.8 Å². The van der Waals surface area contributed by atoms with E-state index in [4.69, 9.17) is 0 Å². The van der Waals surface area contributed by atoms with Crippen molar-refractivity contribution in [2.24, 2.45) is 4.99 Å². The van der Waals surface area contributed by atoms with Crippen LogP contribution in [0.5, 0.6) is 0 Å². The zero-order valence-corrected chi connectivity index (χ0v) is 18.1. The van der Waals surface area contributed by atoms with E-state index >= 15 is 0 Å². The molecule has 144 valence electrons. The van der Waals surface area contributed by atoms with Crippen LogP contribution in [0.25, 0.3) is 0 Å². The summed E-state index contributed by atoms with van der Waals surface area (Å²) >= 11 is 0. The summed E-state index contributed by atoms with van der Waals surface area (Å²) in [6.07, 6.45) is 2.03. The Bertz CT molecular complexity index is 654. The topological polar surface area (TPSA) is 82.6 Å². The molecule has 1 aromatic carbocycles. The molecule has 0 amide bonds. The molecule has 9 heteroatoms. The van der Waals surface area contributed by atoms with Gasteiger partial charge >= 0.3 is 0 Å². The molecule has 0 aliphatic rings. The highest BCUT2D eigenvalue weighted by molar-refractivity contribution is 14.0. The highest BCUT2D eigenvalue weighted by Crippen LogP contribution is 2.14. The van der Waals surface area contributed by atoms with Crippen molar-refractivity contribution in [2.75, 3.05) is 30.1 Å². The SMILES string of the molecule is CCCCN=C(NCC)NCCS(=O)(=O)Nc1ccc(C)c(F)c1.I. The van der Waals surface area contributed by atoms with Gasteiger partial charge in [-0.25, -0.2) is 12.8 Å². The van der Waals surface area contributed by atoms with E-state index in [1.54, 1.807) is 13.0 Å². The Morgan fingerprint density at radius 3 is 2.56 bits per heavy atom. The molecule has 0 aliphatic carbocycles. The van der Waals surface area contributed by atoms with Crippen LogP contribution in [0.15, 0.2) is 23.2 Å². The van der Waals surface area contributed by atoms with E-state index in [9.17, 15) is 12.8 Å². The largest absolute Gasteiger partial charge is 0.357 e. The third-order valence-corrected chi connectivity index (χ3v) is 4.52. The van der Waals surface area contributed by atoms with Gasteiger partial charge in [0.05, 0.1) is 11.4 Å². The summed E-state index contributed by atoms with van der Waals surface area (Å²) < 4.78 is 40.0. The summed E-state index contributed by atoms with van der Waals surface area (Å²) in [4.78, 5) is 4.36. The van der Waals surface area contributed by atoms with Crippen LogP contribution >= 0.6 is 24.0 Å². The van der Waals surface area contributed by atoms with Crippen molar-refractivity contribution in [1.82, 2.24) is 10.6 Å². The lowest BCUT2D eigenvalue weighted by Gasteiger charge is -2.12. The predicted molar refractivity (Wildman–Crippen MR) is 113 cm³/mol. The molecule has 0 atom stereocenters. The van der Waals surface area contributed by atoms with E-state index in [0.29, 0.717) is 24.6 Å². The molecule has 0 radical (unpaired) electrons. The van der Waals surface area contributed by atoms with Crippen LogP contribution in [0.2, 0.25) is 0 Å². The highest BCUT2D eigenvalue weighted by atomic mass is 127. The first kappa shape index (κ1) is 23.9. The first-order valence-corrected chi connectivity index (χ1v) is 9.82. The number of rotatable bonds is 9. The van der Waals surface area contributed by atoms with E-state index in [2.05, 4.69) is 27.3 Å². The van der Waals surface area contributed by atoms with Crippen molar-refractivity contribution in [1.29, 1.82) is 0 Å². The summed E-state index contributed by atoms with van der Waals surface area (Å²) in [5.74, 6) is 0.0223. The lowest BCUT2D eigenvalue weighted by molar-refractivity contribution is 0.599. The van der Waals surface area contributed by atoms with Crippen LogP contribution in [0.3, 0.4) is 0 Å². The Balaban J connectivity index is 0.00000576. The summed E-state index contributed by atoms with van der Waals surface area (Å²) in [6.45, 7) is 7.26. The summed E-state index contributed by atoms with van der Waals surface area (Å²) in [5.41, 5.74) is 0.694. The molecule has 0 bridgehead atoms. The van der Waals surface area contributed by atoms with E-state index in [1.165, 1.54) is 12.1 Å². The normalized spacial score (nSPS) is 11.6. The first-order valence-electron chi connectivity index (χ1n) is 8.16. The molecule has 1 rings (SSSR count). The molecule has 0 saturated heterocycles. The van der Waals surface area contributed by atoms with Gasteiger partial charge in [0.15, 0.2) is 5.96 Å². The highest BCUT2D eigenvalue weighted by Gasteiger charge is 2.11. The van der Waals surface area contributed by atoms with E-state index < -0.39 is 15.8 Å². The van der Waals surface area contributed by atoms with Crippen LogP contribution in [-0.2, 0) is 10.0 Å². The molecular formula is C16H28FIN4O2S.